The first-order valence-electron chi connectivity index (χ1n) is 11.9. The summed E-state index contributed by atoms with van der Waals surface area (Å²) in [6.45, 7) is 3.85. The molecule has 196 valence electrons. The van der Waals surface area contributed by atoms with Crippen molar-refractivity contribution in [3.05, 3.63) is 77.1 Å². The van der Waals surface area contributed by atoms with E-state index in [1.54, 1.807) is 19.1 Å². The molecule has 0 unspecified atom stereocenters. The number of hydrogen-bond donors (Lipinski definition) is 2. The fourth-order valence-electron chi connectivity index (χ4n) is 3.58. The van der Waals surface area contributed by atoms with Crippen molar-refractivity contribution in [2.45, 2.75) is 45.8 Å². The molecule has 0 aliphatic carbocycles. The van der Waals surface area contributed by atoms with Crippen molar-refractivity contribution in [2.75, 3.05) is 13.1 Å². The van der Waals surface area contributed by atoms with E-state index in [0.717, 1.165) is 35.3 Å². The molecule has 1 aliphatic rings. The highest BCUT2D eigenvalue weighted by molar-refractivity contribution is 5.67. The van der Waals surface area contributed by atoms with E-state index in [-0.39, 0.29) is 25.0 Å². The maximum atomic E-state index is 12.6. The molecule has 8 nitrogen and oxygen atoms in total. The predicted octanol–water partition coefficient (Wildman–Crippen LogP) is 4.97. The number of fused-ring (bicyclic) bond motifs is 1. The molecule has 1 aromatic heterocycles. The Bertz CT molecular complexity index is 1190. The molecule has 0 amide bonds. The number of rotatable bonds is 9. The third-order valence-electron chi connectivity index (χ3n) is 5.71. The third-order valence-corrected chi connectivity index (χ3v) is 5.71. The van der Waals surface area contributed by atoms with Crippen molar-refractivity contribution in [3.8, 4) is 17.1 Å². The van der Waals surface area contributed by atoms with Gasteiger partial charge in [0.15, 0.2) is 5.82 Å². The summed E-state index contributed by atoms with van der Waals surface area (Å²) < 4.78 is 31.0. The molecule has 2 N–H and O–H groups in total. The monoisotopic (exact) mass is 513 g/mol. The van der Waals surface area contributed by atoms with Gasteiger partial charge >= 0.3 is 11.9 Å². The molecule has 3 aromatic rings. The molecule has 37 heavy (non-hydrogen) atoms. The standard InChI is InChI=1S/C24H23F2N3O3.C3H6O2/c25-23(26)17-3-1-16(2-4-17)15-32-20-7-5-18(6-8-20)24-27-13-19-14-29(12-10-22(30)31)11-9-21(19)28-24;1-2-3(4)5/h1-8,13,23H,9-12,14-15H2,(H,30,31);2H2,1H3,(H,4,5). The van der Waals surface area contributed by atoms with Gasteiger partial charge in [0.25, 0.3) is 6.43 Å². The quantitative estimate of drug-likeness (QED) is 0.412. The van der Waals surface area contributed by atoms with E-state index >= 15 is 0 Å². The molecule has 0 saturated heterocycles. The van der Waals surface area contributed by atoms with Crippen LogP contribution in [0.5, 0.6) is 5.75 Å². The van der Waals surface area contributed by atoms with Crippen molar-refractivity contribution < 1.29 is 33.3 Å². The highest BCUT2D eigenvalue weighted by atomic mass is 19.3. The Kier molecular flexibility index (Phi) is 10.0. The molecular weight excluding hydrogens is 484 g/mol. The Balaban J connectivity index is 0.000000695. The molecule has 1 aliphatic heterocycles. The van der Waals surface area contributed by atoms with Crippen LogP contribution in [0.3, 0.4) is 0 Å². The summed E-state index contributed by atoms with van der Waals surface area (Å²) in [6.07, 6.45) is 0.455. The Morgan fingerprint density at radius 3 is 2.32 bits per heavy atom. The van der Waals surface area contributed by atoms with Crippen molar-refractivity contribution in [1.82, 2.24) is 14.9 Å². The van der Waals surface area contributed by atoms with Crippen molar-refractivity contribution in [3.63, 3.8) is 0 Å². The second kappa shape index (κ2) is 13.4. The number of aliphatic carboxylic acids is 2. The van der Waals surface area contributed by atoms with E-state index in [2.05, 4.69) is 9.88 Å². The summed E-state index contributed by atoms with van der Waals surface area (Å²) in [7, 11) is 0. The lowest BCUT2D eigenvalue weighted by Gasteiger charge is -2.27. The van der Waals surface area contributed by atoms with E-state index < -0.39 is 18.4 Å². The van der Waals surface area contributed by atoms with Crippen LogP contribution in [-0.4, -0.2) is 50.1 Å². The molecule has 2 aromatic carbocycles. The average Bonchev–Trinajstić information content (AvgIpc) is 2.91. The average molecular weight is 514 g/mol. The lowest BCUT2D eigenvalue weighted by atomic mass is 10.1. The van der Waals surface area contributed by atoms with Gasteiger partial charge in [-0.25, -0.2) is 18.7 Å². The third kappa shape index (κ3) is 8.60. The van der Waals surface area contributed by atoms with Gasteiger partial charge in [-0.3, -0.25) is 14.5 Å². The SMILES string of the molecule is CCC(=O)O.O=C(O)CCN1CCc2nc(-c3ccc(OCc4ccc(C(F)F)cc4)cc3)ncc2C1. The Morgan fingerprint density at radius 1 is 1.05 bits per heavy atom. The number of carboxylic acids is 2. The second-order valence-corrected chi connectivity index (χ2v) is 8.44. The zero-order chi connectivity index (χ0) is 26.8. The number of hydrogen-bond acceptors (Lipinski definition) is 6. The highest BCUT2D eigenvalue weighted by Crippen LogP contribution is 2.24. The molecule has 0 bridgehead atoms. The Hall–Kier alpha value is -3.92. The molecule has 2 heterocycles. The number of nitrogens with zero attached hydrogens (tertiary/aromatic N) is 3. The number of alkyl halides is 2. The highest BCUT2D eigenvalue weighted by Gasteiger charge is 2.19. The predicted molar refractivity (Wildman–Crippen MR) is 132 cm³/mol. The van der Waals surface area contributed by atoms with Crippen molar-refractivity contribution in [2.24, 2.45) is 0 Å². The lowest BCUT2D eigenvalue weighted by Crippen LogP contribution is -2.33. The van der Waals surface area contributed by atoms with Crippen molar-refractivity contribution in [1.29, 1.82) is 0 Å². The largest absolute Gasteiger partial charge is 0.489 e. The molecule has 0 radical (unpaired) electrons. The molecular formula is C27H29F2N3O5. The minimum atomic E-state index is -2.47. The first kappa shape index (κ1) is 27.7. The van der Waals surface area contributed by atoms with E-state index in [0.29, 0.717) is 24.7 Å². The fourth-order valence-corrected chi connectivity index (χ4v) is 3.58. The molecule has 4 rings (SSSR count). The molecule has 0 spiro atoms. The van der Waals surface area contributed by atoms with Crippen LogP contribution in [0.2, 0.25) is 0 Å². The lowest BCUT2D eigenvalue weighted by molar-refractivity contribution is -0.138. The zero-order valence-corrected chi connectivity index (χ0v) is 20.4. The van der Waals surface area contributed by atoms with Gasteiger partial charge < -0.3 is 14.9 Å². The van der Waals surface area contributed by atoms with Gasteiger partial charge in [0.05, 0.1) is 12.1 Å². The van der Waals surface area contributed by atoms with Crippen LogP contribution in [0, 0.1) is 0 Å². The summed E-state index contributed by atoms with van der Waals surface area (Å²) in [5.41, 5.74) is 3.71. The Labute approximate surface area is 213 Å². The van der Waals surface area contributed by atoms with Crippen LogP contribution in [0.4, 0.5) is 8.78 Å². The first-order chi connectivity index (χ1) is 17.7. The number of ether oxygens (including phenoxy) is 1. The summed E-state index contributed by atoms with van der Waals surface area (Å²) in [4.78, 5) is 31.4. The minimum absolute atomic E-state index is 0.00359. The van der Waals surface area contributed by atoms with Gasteiger partial charge in [-0.05, 0) is 29.8 Å². The van der Waals surface area contributed by atoms with Gasteiger partial charge in [0.2, 0.25) is 0 Å². The Morgan fingerprint density at radius 2 is 1.73 bits per heavy atom. The van der Waals surface area contributed by atoms with Gasteiger partial charge in [-0.15, -0.1) is 0 Å². The van der Waals surface area contributed by atoms with Crippen LogP contribution in [0.15, 0.2) is 54.7 Å². The number of carbonyl (C=O) groups is 2. The molecule has 0 saturated carbocycles. The van der Waals surface area contributed by atoms with E-state index in [4.69, 9.17) is 19.9 Å². The van der Waals surface area contributed by atoms with E-state index in [1.807, 2.05) is 30.5 Å². The minimum Gasteiger partial charge on any atom is -0.489 e. The second-order valence-electron chi connectivity index (χ2n) is 8.44. The number of carboxylic acid groups (broad SMARTS) is 2. The number of halogens is 2. The van der Waals surface area contributed by atoms with Crippen molar-refractivity contribution >= 4 is 11.9 Å². The summed E-state index contributed by atoms with van der Waals surface area (Å²) in [6, 6.07) is 13.5. The topological polar surface area (TPSA) is 113 Å². The summed E-state index contributed by atoms with van der Waals surface area (Å²) >= 11 is 0. The summed E-state index contributed by atoms with van der Waals surface area (Å²) in [5.74, 6) is -0.236. The number of aromatic nitrogens is 2. The van der Waals surface area contributed by atoms with Gasteiger partial charge in [0.1, 0.15) is 12.4 Å². The van der Waals surface area contributed by atoms with Gasteiger partial charge in [-0.1, -0.05) is 31.2 Å². The number of benzene rings is 2. The van der Waals surface area contributed by atoms with Crippen LogP contribution in [0.25, 0.3) is 11.4 Å². The fraction of sp³-hybridized carbons (Fsp3) is 0.333. The van der Waals surface area contributed by atoms with Gasteiger partial charge in [0, 0.05) is 55.4 Å². The van der Waals surface area contributed by atoms with Gasteiger partial charge in [-0.2, -0.15) is 0 Å². The van der Waals surface area contributed by atoms with E-state index in [9.17, 15) is 18.4 Å². The van der Waals surface area contributed by atoms with Crippen LogP contribution in [0.1, 0.15) is 48.6 Å². The van der Waals surface area contributed by atoms with Crippen LogP contribution < -0.4 is 4.74 Å². The zero-order valence-electron chi connectivity index (χ0n) is 20.4. The maximum Gasteiger partial charge on any atom is 0.304 e. The summed E-state index contributed by atoms with van der Waals surface area (Å²) in [5, 5.41) is 16.6. The van der Waals surface area contributed by atoms with Crippen LogP contribution >= 0.6 is 0 Å². The molecule has 0 atom stereocenters. The first-order valence-corrected chi connectivity index (χ1v) is 11.9. The van der Waals surface area contributed by atoms with E-state index in [1.165, 1.54) is 12.1 Å². The normalized spacial score (nSPS) is 12.9. The maximum absolute atomic E-state index is 12.6. The van der Waals surface area contributed by atoms with Crippen LogP contribution in [-0.2, 0) is 29.2 Å². The smallest absolute Gasteiger partial charge is 0.304 e. The molecule has 0 fully saturated rings. The molecule has 10 heteroatoms.